The van der Waals surface area contributed by atoms with E-state index < -0.39 is 11.4 Å². The van der Waals surface area contributed by atoms with Gasteiger partial charge in [0.25, 0.3) is 0 Å². The molecule has 0 spiro atoms. The van der Waals surface area contributed by atoms with Crippen LogP contribution in [-0.4, -0.2) is 80.4 Å². The average Bonchev–Trinajstić information content (AvgIpc) is 3.34. The van der Waals surface area contributed by atoms with Gasteiger partial charge in [-0.25, -0.2) is 5.43 Å². The maximum Gasteiger partial charge on any atom is 0.312 e. The van der Waals surface area contributed by atoms with Gasteiger partial charge in [-0.2, -0.15) is 0 Å². The summed E-state index contributed by atoms with van der Waals surface area (Å²) < 4.78 is 5.17. The van der Waals surface area contributed by atoms with Gasteiger partial charge in [0.1, 0.15) is 0 Å². The first-order valence-electron chi connectivity index (χ1n) is 9.83. The van der Waals surface area contributed by atoms with Crippen LogP contribution in [0.1, 0.15) is 11.6 Å². The number of hydrazine groups is 1. The molecule has 0 aliphatic carbocycles. The van der Waals surface area contributed by atoms with E-state index in [4.69, 9.17) is 4.74 Å². The van der Waals surface area contributed by atoms with Crippen molar-refractivity contribution in [2.45, 2.75) is 6.04 Å². The first kappa shape index (κ1) is 18.8. The molecule has 4 atom stereocenters. The van der Waals surface area contributed by atoms with Gasteiger partial charge in [-0.05, 0) is 5.56 Å². The van der Waals surface area contributed by atoms with Crippen molar-refractivity contribution in [2.24, 2.45) is 17.3 Å². The summed E-state index contributed by atoms with van der Waals surface area (Å²) in [5.41, 5.74) is 7.34. The van der Waals surface area contributed by atoms with Crippen LogP contribution in [0.15, 0.2) is 30.3 Å². The number of carboxylic acid groups (broad SMARTS) is 1. The number of ether oxygens (including phenoxy) is 1. The molecule has 1 aromatic rings. The summed E-state index contributed by atoms with van der Waals surface area (Å²) in [4.78, 5) is 16.8. The molecule has 3 aliphatic heterocycles. The maximum absolute atomic E-state index is 12.2. The maximum atomic E-state index is 12.2. The summed E-state index contributed by atoms with van der Waals surface area (Å²) >= 11 is 0. The number of nitrogens with zero attached hydrogens (tertiary/aromatic N) is 2. The van der Waals surface area contributed by atoms with Crippen LogP contribution in [0.5, 0.6) is 0 Å². The molecule has 4 rings (SSSR count). The topological polar surface area (TPSA) is 77.1 Å². The lowest BCUT2D eigenvalue weighted by Crippen LogP contribution is -2.42. The monoisotopic (exact) mass is 374 g/mol. The van der Waals surface area contributed by atoms with Gasteiger partial charge in [-0.3, -0.25) is 15.1 Å². The Bertz CT molecular complexity index is 658. The molecule has 0 amide bonds. The van der Waals surface area contributed by atoms with Gasteiger partial charge in [0.05, 0.1) is 18.1 Å². The first-order valence-corrected chi connectivity index (χ1v) is 9.83. The standard InChI is InChI=1S/C20H30N4O3/c1-27-8-7-23-11-17-12-24(14-20(17,13-23)19(25)26)10-16-9-21-22-18(16)15-5-3-2-4-6-15/h2-6,16-18,21-22H,7-14H2,1H3,(H,25,26)/t16?,17-,18?,20-/m0/s1. The second-order valence-electron chi connectivity index (χ2n) is 8.25. The van der Waals surface area contributed by atoms with Crippen molar-refractivity contribution in [3.63, 3.8) is 0 Å². The lowest BCUT2D eigenvalue weighted by Gasteiger charge is -2.28. The summed E-state index contributed by atoms with van der Waals surface area (Å²) in [6, 6.07) is 10.8. The molecular weight excluding hydrogens is 344 g/mol. The summed E-state index contributed by atoms with van der Waals surface area (Å²) in [6.45, 7) is 6.30. The summed E-state index contributed by atoms with van der Waals surface area (Å²) in [7, 11) is 1.69. The van der Waals surface area contributed by atoms with Crippen molar-refractivity contribution in [3.8, 4) is 0 Å². The predicted molar refractivity (Wildman–Crippen MR) is 102 cm³/mol. The molecule has 148 valence electrons. The number of likely N-dealkylation sites (tertiary alicyclic amines) is 2. The highest BCUT2D eigenvalue weighted by atomic mass is 16.5. The van der Waals surface area contributed by atoms with Crippen LogP contribution in [-0.2, 0) is 9.53 Å². The van der Waals surface area contributed by atoms with Crippen molar-refractivity contribution in [2.75, 3.05) is 59.5 Å². The largest absolute Gasteiger partial charge is 0.481 e. The third-order valence-electron chi connectivity index (χ3n) is 6.53. The second kappa shape index (κ2) is 7.85. The lowest BCUT2D eigenvalue weighted by molar-refractivity contribution is -0.149. The van der Waals surface area contributed by atoms with Crippen LogP contribution in [0.2, 0.25) is 0 Å². The number of carboxylic acids is 1. The van der Waals surface area contributed by atoms with E-state index in [2.05, 4.69) is 44.9 Å². The van der Waals surface area contributed by atoms with Gasteiger partial charge in [0.15, 0.2) is 0 Å². The Labute approximate surface area is 160 Å². The quantitative estimate of drug-likeness (QED) is 0.638. The molecule has 3 fully saturated rings. The molecule has 0 saturated carbocycles. The number of hydrogen-bond acceptors (Lipinski definition) is 6. The Morgan fingerprint density at radius 1 is 1.26 bits per heavy atom. The minimum absolute atomic E-state index is 0.198. The number of aliphatic carboxylic acids is 1. The Hall–Kier alpha value is -1.51. The number of methoxy groups -OCH3 is 1. The van der Waals surface area contributed by atoms with E-state index in [0.717, 1.165) is 32.7 Å². The van der Waals surface area contributed by atoms with E-state index >= 15 is 0 Å². The highest BCUT2D eigenvalue weighted by Crippen LogP contribution is 2.43. The van der Waals surface area contributed by atoms with Crippen LogP contribution in [0.3, 0.4) is 0 Å². The fraction of sp³-hybridized carbons (Fsp3) is 0.650. The molecule has 0 bridgehead atoms. The summed E-state index contributed by atoms with van der Waals surface area (Å²) in [5, 5.41) is 10.0. The number of hydrogen-bond donors (Lipinski definition) is 3. The molecule has 1 aromatic carbocycles. The number of fused-ring (bicyclic) bond motifs is 1. The van der Waals surface area contributed by atoms with Crippen LogP contribution >= 0.6 is 0 Å². The Balaban J connectivity index is 1.41. The number of benzene rings is 1. The minimum atomic E-state index is -0.641. The fourth-order valence-corrected chi connectivity index (χ4v) is 5.16. The van der Waals surface area contributed by atoms with Gasteiger partial charge in [0, 0.05) is 64.8 Å². The lowest BCUT2D eigenvalue weighted by atomic mass is 9.81. The first-order chi connectivity index (χ1) is 13.1. The van der Waals surface area contributed by atoms with Crippen LogP contribution in [0.25, 0.3) is 0 Å². The van der Waals surface area contributed by atoms with Crippen LogP contribution in [0.4, 0.5) is 0 Å². The van der Waals surface area contributed by atoms with Crippen LogP contribution < -0.4 is 10.9 Å². The van der Waals surface area contributed by atoms with E-state index in [1.165, 1.54) is 5.56 Å². The zero-order valence-electron chi connectivity index (χ0n) is 15.9. The highest BCUT2D eigenvalue weighted by molar-refractivity contribution is 5.77. The molecule has 0 aromatic heterocycles. The molecule has 27 heavy (non-hydrogen) atoms. The molecule has 3 N–H and O–H groups in total. The van der Waals surface area contributed by atoms with Gasteiger partial charge in [-0.15, -0.1) is 0 Å². The van der Waals surface area contributed by atoms with Crippen molar-refractivity contribution < 1.29 is 14.6 Å². The van der Waals surface area contributed by atoms with Gasteiger partial charge >= 0.3 is 5.97 Å². The molecule has 3 heterocycles. The molecular formula is C20H30N4O3. The van der Waals surface area contributed by atoms with E-state index in [1.807, 2.05) is 6.07 Å². The van der Waals surface area contributed by atoms with Gasteiger partial charge < -0.3 is 14.7 Å². The zero-order chi connectivity index (χ0) is 18.9. The Morgan fingerprint density at radius 2 is 2.00 bits per heavy atom. The minimum Gasteiger partial charge on any atom is -0.481 e. The number of rotatable bonds is 7. The van der Waals surface area contributed by atoms with Gasteiger partial charge in [-0.1, -0.05) is 30.3 Å². The molecule has 2 unspecified atom stereocenters. The molecule has 3 saturated heterocycles. The van der Waals surface area contributed by atoms with Crippen molar-refractivity contribution in [1.82, 2.24) is 20.7 Å². The van der Waals surface area contributed by atoms with Crippen molar-refractivity contribution >= 4 is 5.97 Å². The summed E-state index contributed by atoms with van der Waals surface area (Å²) in [5.74, 6) is -0.0109. The fourth-order valence-electron chi connectivity index (χ4n) is 5.16. The molecule has 3 aliphatic rings. The number of nitrogens with one attached hydrogen (secondary N) is 2. The van der Waals surface area contributed by atoms with E-state index in [9.17, 15) is 9.90 Å². The highest BCUT2D eigenvalue weighted by Gasteiger charge is 2.57. The third kappa shape index (κ3) is 3.62. The normalized spacial score (nSPS) is 34.2. The van der Waals surface area contributed by atoms with Crippen molar-refractivity contribution in [3.05, 3.63) is 35.9 Å². The van der Waals surface area contributed by atoms with Crippen LogP contribution in [0, 0.1) is 17.3 Å². The average molecular weight is 374 g/mol. The smallest absolute Gasteiger partial charge is 0.312 e. The Morgan fingerprint density at radius 3 is 2.70 bits per heavy atom. The molecule has 0 radical (unpaired) electrons. The van der Waals surface area contributed by atoms with Gasteiger partial charge in [0.2, 0.25) is 0 Å². The molecule has 7 nitrogen and oxygen atoms in total. The van der Waals surface area contributed by atoms with Crippen molar-refractivity contribution in [1.29, 1.82) is 0 Å². The number of carbonyl (C=O) groups is 1. The SMILES string of the molecule is COCCN1C[C@H]2CN(CC3CNNC3c3ccccc3)C[C@@]2(C(=O)O)C1. The van der Waals surface area contributed by atoms with E-state index in [0.29, 0.717) is 25.6 Å². The van der Waals surface area contributed by atoms with E-state index in [-0.39, 0.29) is 12.0 Å². The molecule has 7 heteroatoms. The third-order valence-corrected chi connectivity index (χ3v) is 6.53. The second-order valence-corrected chi connectivity index (χ2v) is 8.25. The Kier molecular flexibility index (Phi) is 5.48. The summed E-state index contributed by atoms with van der Waals surface area (Å²) in [6.07, 6.45) is 0. The van der Waals surface area contributed by atoms with E-state index in [1.54, 1.807) is 7.11 Å². The zero-order valence-corrected chi connectivity index (χ0v) is 15.9. The predicted octanol–water partition coefficient (Wildman–Crippen LogP) is 0.417.